The number of ether oxygens (including phenoxy) is 1. The molecule has 1 aromatic carbocycles. The van der Waals surface area contributed by atoms with Crippen LogP contribution >= 0.6 is 11.6 Å². The minimum absolute atomic E-state index is 0.00312. The van der Waals surface area contributed by atoms with Gasteiger partial charge in [-0.1, -0.05) is 18.2 Å². The Morgan fingerprint density at radius 3 is 2.60 bits per heavy atom. The lowest BCUT2D eigenvalue weighted by molar-refractivity contribution is -0.150. The third kappa shape index (κ3) is 4.83. The fourth-order valence-corrected chi connectivity index (χ4v) is 8.39. The van der Waals surface area contributed by atoms with Crippen LogP contribution in [0.25, 0.3) is 22.0 Å². The van der Waals surface area contributed by atoms with Gasteiger partial charge in [-0.05, 0) is 72.3 Å². The maximum Gasteiger partial charge on any atom is 0.293 e. The summed E-state index contributed by atoms with van der Waals surface area (Å²) in [6.07, 6.45) is 6.53. The molecule has 2 aromatic heterocycles. The molecule has 11 heteroatoms. The monoisotopic (exact) mass is 607 g/mol. The topological polar surface area (TPSA) is 99.6 Å². The lowest BCUT2D eigenvalue weighted by atomic mass is 9.60. The Morgan fingerprint density at radius 1 is 1.26 bits per heavy atom. The molecule has 0 radical (unpaired) electrons. The number of benzene rings is 1. The second-order valence-corrected chi connectivity index (χ2v) is 14.3. The first-order valence-corrected chi connectivity index (χ1v) is 15.4. The molecule has 1 N–H and O–H groups in total. The van der Waals surface area contributed by atoms with Crippen molar-refractivity contribution < 1.29 is 14.3 Å². The van der Waals surface area contributed by atoms with Gasteiger partial charge in [0.25, 0.3) is 6.47 Å². The Labute approximate surface area is 258 Å². The van der Waals surface area contributed by atoms with Gasteiger partial charge in [-0.25, -0.2) is 0 Å². The van der Waals surface area contributed by atoms with E-state index >= 15 is 0 Å². The number of aryl methyl sites for hydroxylation is 1. The molecule has 3 aliphatic rings. The lowest BCUT2D eigenvalue weighted by Crippen LogP contribution is -2.63. The van der Waals surface area contributed by atoms with Crippen LogP contribution in [0, 0.1) is 19.3 Å². The van der Waals surface area contributed by atoms with Crippen molar-refractivity contribution in [2.24, 2.45) is 5.41 Å². The third-order valence-electron chi connectivity index (χ3n) is 9.90. The van der Waals surface area contributed by atoms with E-state index in [-0.39, 0.29) is 22.9 Å². The highest BCUT2D eigenvalue weighted by molar-refractivity contribution is 6.36. The zero-order valence-electron chi connectivity index (χ0n) is 26.0. The maximum atomic E-state index is 12.1. The predicted octanol–water partition coefficient (Wildman–Crippen LogP) is 4.90. The average Bonchev–Trinajstić information content (AvgIpc) is 3.46. The maximum absolute atomic E-state index is 12.1. The molecule has 10 nitrogen and oxygen atoms in total. The van der Waals surface area contributed by atoms with Crippen molar-refractivity contribution in [1.82, 2.24) is 29.8 Å². The number of rotatable bonds is 8. The third-order valence-corrected chi connectivity index (χ3v) is 10.4. The van der Waals surface area contributed by atoms with Crippen LogP contribution in [0.1, 0.15) is 56.8 Å². The van der Waals surface area contributed by atoms with Crippen molar-refractivity contribution in [2.75, 3.05) is 45.2 Å². The molecule has 4 heterocycles. The first kappa shape index (κ1) is 29.7. The number of hydrogen-bond acceptors (Lipinski definition) is 7. The highest BCUT2D eigenvalue weighted by Gasteiger charge is 2.55. The van der Waals surface area contributed by atoms with Crippen LogP contribution in [-0.2, 0) is 14.3 Å². The fraction of sp³-hybridized carbons (Fsp3) is 0.562. The number of amides is 1. The summed E-state index contributed by atoms with van der Waals surface area (Å²) in [5.41, 5.74) is 4.12. The van der Waals surface area contributed by atoms with Crippen molar-refractivity contribution in [3.05, 3.63) is 41.2 Å². The summed E-state index contributed by atoms with van der Waals surface area (Å²) in [5.74, 6) is 0.892. The van der Waals surface area contributed by atoms with Gasteiger partial charge in [0, 0.05) is 72.2 Å². The average molecular weight is 608 g/mol. The number of carbonyl (C=O) groups is 2. The van der Waals surface area contributed by atoms with Crippen LogP contribution in [0.4, 0.5) is 5.82 Å². The number of aromatic amines is 1. The molecule has 2 saturated heterocycles. The van der Waals surface area contributed by atoms with Crippen molar-refractivity contribution in [3.8, 4) is 11.1 Å². The van der Waals surface area contributed by atoms with Crippen molar-refractivity contribution >= 4 is 40.7 Å². The Morgan fingerprint density at radius 2 is 1.98 bits per heavy atom. The number of nitrogens with zero attached hydrogens (tertiary/aromatic N) is 6. The summed E-state index contributed by atoms with van der Waals surface area (Å²) in [4.78, 5) is 30.0. The summed E-state index contributed by atoms with van der Waals surface area (Å²) in [6.45, 7) is 15.7. The summed E-state index contributed by atoms with van der Waals surface area (Å²) < 4.78 is 8.02. The van der Waals surface area contributed by atoms with E-state index < -0.39 is 5.60 Å². The van der Waals surface area contributed by atoms with Crippen LogP contribution in [0.15, 0.2) is 24.9 Å². The number of likely N-dealkylation sites (N-methyl/N-ethyl adjacent to an activating group) is 1. The molecule has 1 aliphatic carbocycles. The molecule has 1 amide bonds. The fourth-order valence-electron chi connectivity index (χ4n) is 8.14. The van der Waals surface area contributed by atoms with E-state index in [0.29, 0.717) is 37.4 Å². The van der Waals surface area contributed by atoms with Crippen LogP contribution < -0.4 is 4.90 Å². The molecule has 1 unspecified atom stereocenters. The number of nitrogens with one attached hydrogen (secondary N) is 1. The summed E-state index contributed by atoms with van der Waals surface area (Å²) in [7, 11) is 4.02. The van der Waals surface area contributed by atoms with Crippen LogP contribution in [-0.4, -0.2) is 93.6 Å². The Balaban J connectivity index is 1.42. The van der Waals surface area contributed by atoms with Gasteiger partial charge in [-0.15, -0.1) is 0 Å². The molecule has 2 aliphatic heterocycles. The number of H-pyrrole nitrogens is 1. The van der Waals surface area contributed by atoms with Gasteiger partial charge < -0.3 is 19.4 Å². The highest BCUT2D eigenvalue weighted by Crippen LogP contribution is 2.56. The molecule has 3 aromatic rings. The molecular formula is C32H42ClN7O3. The van der Waals surface area contributed by atoms with Gasteiger partial charge in [-0.2, -0.15) is 10.2 Å². The molecular weight excluding hydrogens is 566 g/mol. The molecule has 3 fully saturated rings. The quantitative estimate of drug-likeness (QED) is 0.287. The van der Waals surface area contributed by atoms with E-state index in [4.69, 9.17) is 21.4 Å². The highest BCUT2D eigenvalue weighted by atomic mass is 35.5. The van der Waals surface area contributed by atoms with Gasteiger partial charge in [0.05, 0.1) is 22.8 Å². The van der Waals surface area contributed by atoms with Crippen molar-refractivity contribution in [1.29, 1.82) is 0 Å². The Bertz CT molecular complexity index is 1590. The zero-order chi connectivity index (χ0) is 30.9. The number of likely N-dealkylation sites (tertiary alicyclic amines) is 1. The van der Waals surface area contributed by atoms with Gasteiger partial charge in [-0.3, -0.25) is 19.4 Å². The second kappa shape index (κ2) is 10.4. The Kier molecular flexibility index (Phi) is 7.16. The number of fused-ring (bicyclic) bond motifs is 1. The van der Waals surface area contributed by atoms with Gasteiger partial charge in [0.1, 0.15) is 5.60 Å². The number of anilines is 1. The van der Waals surface area contributed by atoms with E-state index in [1.54, 1.807) is 0 Å². The van der Waals surface area contributed by atoms with Crippen LogP contribution in [0.5, 0.6) is 0 Å². The summed E-state index contributed by atoms with van der Waals surface area (Å²) in [6, 6.07) is 2.27. The molecule has 1 spiro atoms. The van der Waals surface area contributed by atoms with E-state index in [0.717, 1.165) is 65.0 Å². The molecule has 1 atom stereocenters. The molecule has 1 saturated carbocycles. The lowest BCUT2D eigenvalue weighted by Gasteiger charge is -2.58. The van der Waals surface area contributed by atoms with Gasteiger partial charge in [0.2, 0.25) is 5.91 Å². The molecule has 43 heavy (non-hydrogen) atoms. The number of hydrogen-bond donors (Lipinski definition) is 1. The predicted molar refractivity (Wildman–Crippen MR) is 168 cm³/mol. The number of halogens is 1. The second-order valence-electron chi connectivity index (χ2n) is 13.9. The number of piperidine rings is 1. The van der Waals surface area contributed by atoms with E-state index in [1.807, 2.05) is 38.2 Å². The minimum atomic E-state index is -0.582. The van der Waals surface area contributed by atoms with Crippen LogP contribution in [0.3, 0.4) is 0 Å². The molecule has 0 bridgehead atoms. The zero-order valence-corrected chi connectivity index (χ0v) is 26.8. The molecule has 6 rings (SSSR count). The standard InChI is InChI=1S/C32H42ClN7O3/c1-8-25(42)38-16-31(17-38)12-22(13-31)40-21(3)26(27-23-14-34-35-24(23)11-20(2)28(27)33)29(36-40)39-10-9-32(43-19-41,18-37(6)7)15-30(39,4)5/h8,11,14,19,22H,1,9-10,12-13,15-18H2,2-7H3,(H,34,35). The van der Waals surface area contributed by atoms with Gasteiger partial charge in [0.15, 0.2) is 5.82 Å². The van der Waals surface area contributed by atoms with E-state index in [2.05, 4.69) is 52.0 Å². The smallest absolute Gasteiger partial charge is 0.293 e. The van der Waals surface area contributed by atoms with Crippen molar-refractivity contribution in [3.63, 3.8) is 0 Å². The summed E-state index contributed by atoms with van der Waals surface area (Å²) in [5, 5.41) is 14.5. The molecule has 230 valence electrons. The minimum Gasteiger partial charge on any atom is -0.460 e. The van der Waals surface area contributed by atoms with Crippen molar-refractivity contribution in [2.45, 2.75) is 70.6 Å². The van der Waals surface area contributed by atoms with Gasteiger partial charge >= 0.3 is 0 Å². The van der Waals surface area contributed by atoms with E-state index in [1.165, 1.54) is 6.08 Å². The summed E-state index contributed by atoms with van der Waals surface area (Å²) >= 11 is 7.13. The normalized spacial score (nSPS) is 23.0. The van der Waals surface area contributed by atoms with Crippen LogP contribution in [0.2, 0.25) is 5.02 Å². The number of carbonyl (C=O) groups excluding carboxylic acids is 2. The number of aromatic nitrogens is 4. The first-order chi connectivity index (χ1) is 20.3. The SMILES string of the molecule is C=CC(=O)N1CC2(CC(n3nc(N4CCC(CN(C)C)(OC=O)CC4(C)C)c(-c4c(Cl)c(C)cc5[nH]ncc45)c3C)C2)C1. The Hall–Kier alpha value is -3.37. The first-order valence-electron chi connectivity index (χ1n) is 15.0. The largest absolute Gasteiger partial charge is 0.460 e. The van der Waals surface area contributed by atoms with E-state index in [9.17, 15) is 9.59 Å².